The molecule has 3 aliphatic heterocycles. The lowest BCUT2D eigenvalue weighted by Gasteiger charge is -2.66. The molecule has 2 saturated heterocycles. The molecule has 4 fully saturated rings. The van der Waals surface area contributed by atoms with Crippen molar-refractivity contribution in [3.63, 3.8) is 0 Å². The number of hydrogen-bond donors (Lipinski definition) is 2. The van der Waals surface area contributed by atoms with Crippen LogP contribution in [0.15, 0.2) is 11.6 Å². The summed E-state index contributed by atoms with van der Waals surface area (Å²) in [7, 11) is 1.22. The number of carbonyl (C=O) groups excluding carboxylic acids is 5. The molecular weight excluding hydrogens is 540 g/mol. The molecule has 2 N–H and O–H groups in total. The van der Waals surface area contributed by atoms with Crippen LogP contribution >= 0.6 is 0 Å². The fraction of sp³-hybridized carbons (Fsp3) is 0.759. The van der Waals surface area contributed by atoms with Gasteiger partial charge in [-0.1, -0.05) is 13.8 Å². The average molecular weight is 579 g/mol. The van der Waals surface area contributed by atoms with Crippen molar-refractivity contribution in [2.24, 2.45) is 28.1 Å². The lowest BCUT2D eigenvalue weighted by Crippen LogP contribution is -2.74. The molecule has 10 atom stereocenters. The zero-order valence-corrected chi connectivity index (χ0v) is 24.3. The standard InChI is InChI=1S/C29H38O12/c1-13(30)38-18(12-19(32)37-7)27(5)15-8-9-26(4)21(14-10-20(33)39-23(14)34)40-24(35)22-29(26,41-22)28(15,6)17(31)11-16(27)25(2,3)36/h10,15-16,18,20-22,33,36H,8-9,11-12H2,1-7H3/t15-,16+,18+,20+,21+,22-,26+,27-,28+,29-/m1/s1. The maximum Gasteiger partial charge on any atom is 0.340 e. The first-order valence-corrected chi connectivity index (χ1v) is 13.9. The van der Waals surface area contributed by atoms with E-state index in [1.807, 2.05) is 6.92 Å². The van der Waals surface area contributed by atoms with Gasteiger partial charge in [0.05, 0.1) is 30.1 Å². The number of aliphatic hydroxyl groups is 2. The van der Waals surface area contributed by atoms with Crippen LogP contribution in [0.1, 0.15) is 67.2 Å². The van der Waals surface area contributed by atoms with Gasteiger partial charge in [0, 0.05) is 30.1 Å². The van der Waals surface area contributed by atoms with E-state index in [0.29, 0.717) is 12.8 Å². The third-order valence-electron chi connectivity index (χ3n) is 10.9. The van der Waals surface area contributed by atoms with Crippen LogP contribution in [0.5, 0.6) is 0 Å². The zero-order chi connectivity index (χ0) is 30.5. The van der Waals surface area contributed by atoms with Crippen LogP contribution in [0.25, 0.3) is 0 Å². The molecule has 1 spiro atoms. The smallest absolute Gasteiger partial charge is 0.340 e. The summed E-state index contributed by atoms with van der Waals surface area (Å²) < 4.78 is 27.6. The van der Waals surface area contributed by atoms with E-state index < -0.39 is 87.8 Å². The number of carbonyl (C=O) groups is 5. The van der Waals surface area contributed by atoms with Gasteiger partial charge in [-0.05, 0) is 45.6 Å². The molecule has 2 saturated carbocycles. The summed E-state index contributed by atoms with van der Waals surface area (Å²) >= 11 is 0. The second kappa shape index (κ2) is 9.08. The van der Waals surface area contributed by atoms with Gasteiger partial charge in [0.15, 0.2) is 6.10 Å². The maximum atomic E-state index is 14.4. The molecule has 0 aromatic heterocycles. The van der Waals surface area contributed by atoms with Crippen molar-refractivity contribution in [1.82, 2.24) is 0 Å². The van der Waals surface area contributed by atoms with Crippen molar-refractivity contribution in [2.75, 3.05) is 7.11 Å². The number of fused-ring (bicyclic) bond motifs is 1. The molecule has 226 valence electrons. The van der Waals surface area contributed by atoms with Crippen LogP contribution in [-0.2, 0) is 47.7 Å². The normalized spacial score (nSPS) is 43.9. The summed E-state index contributed by atoms with van der Waals surface area (Å²) in [5.41, 5.74) is -6.48. The molecular formula is C29H38O12. The third-order valence-corrected chi connectivity index (χ3v) is 10.9. The van der Waals surface area contributed by atoms with Crippen molar-refractivity contribution in [2.45, 2.75) is 103 Å². The molecule has 5 aliphatic rings. The SMILES string of the molecule is COC(=O)C[C@H](OC(C)=O)[C@]1(C)[C@H]2CC[C@@]3(C)[C@H](C4=C[C@@H](O)OC4=O)OC(=O)[C@H]4O[C@]43[C@]2(C)C(=O)C[C@H]1C(C)(C)O. The lowest BCUT2D eigenvalue weighted by molar-refractivity contribution is -0.237. The first kappa shape index (κ1) is 29.7. The van der Waals surface area contributed by atoms with E-state index in [-0.39, 0.29) is 24.2 Å². The van der Waals surface area contributed by atoms with E-state index in [1.54, 1.807) is 27.7 Å². The summed E-state index contributed by atoms with van der Waals surface area (Å²) in [6.07, 6.45) is -3.46. The Morgan fingerprint density at radius 1 is 1.15 bits per heavy atom. The number of Topliss-reactive ketones (excluding diaryl/α,β-unsaturated/α-hetero) is 1. The predicted octanol–water partition coefficient (Wildman–Crippen LogP) is 1.13. The number of ether oxygens (including phenoxy) is 5. The Kier molecular flexibility index (Phi) is 6.57. The van der Waals surface area contributed by atoms with E-state index in [2.05, 4.69) is 0 Å². The van der Waals surface area contributed by atoms with Crippen LogP contribution in [-0.4, -0.2) is 82.8 Å². The monoisotopic (exact) mass is 578 g/mol. The van der Waals surface area contributed by atoms with Crippen LogP contribution in [0.3, 0.4) is 0 Å². The molecule has 3 heterocycles. The highest BCUT2D eigenvalue weighted by Gasteiger charge is 2.89. The number of ketones is 1. The molecule has 0 radical (unpaired) electrons. The Morgan fingerprint density at radius 3 is 2.34 bits per heavy atom. The van der Waals surface area contributed by atoms with Gasteiger partial charge in [0.1, 0.15) is 23.6 Å². The maximum absolute atomic E-state index is 14.4. The highest BCUT2D eigenvalue weighted by atomic mass is 16.7. The van der Waals surface area contributed by atoms with Crippen LogP contribution < -0.4 is 0 Å². The van der Waals surface area contributed by atoms with Gasteiger partial charge in [-0.25, -0.2) is 9.59 Å². The number of epoxide rings is 1. The molecule has 0 amide bonds. The molecule has 41 heavy (non-hydrogen) atoms. The minimum atomic E-state index is -1.49. The average Bonchev–Trinajstić information content (AvgIpc) is 3.56. The molecule has 0 aromatic rings. The van der Waals surface area contributed by atoms with E-state index in [0.717, 1.165) is 0 Å². The quantitative estimate of drug-likeness (QED) is 0.262. The van der Waals surface area contributed by atoms with Gasteiger partial charge in [0.2, 0.25) is 6.29 Å². The Bertz CT molecular complexity index is 1250. The van der Waals surface area contributed by atoms with Crippen LogP contribution in [0.2, 0.25) is 0 Å². The van der Waals surface area contributed by atoms with Crippen LogP contribution in [0, 0.1) is 28.1 Å². The predicted molar refractivity (Wildman–Crippen MR) is 136 cm³/mol. The van der Waals surface area contributed by atoms with Gasteiger partial charge in [-0.3, -0.25) is 14.4 Å². The topological polar surface area (TPSA) is 175 Å². The highest BCUT2D eigenvalue weighted by Crippen LogP contribution is 2.77. The number of cyclic esters (lactones) is 2. The third kappa shape index (κ3) is 3.79. The number of aliphatic hydroxyl groups excluding tert-OH is 1. The molecule has 0 aromatic carbocycles. The van der Waals surface area contributed by atoms with Crippen molar-refractivity contribution in [1.29, 1.82) is 0 Å². The van der Waals surface area contributed by atoms with E-state index >= 15 is 0 Å². The van der Waals surface area contributed by atoms with Gasteiger partial charge in [-0.15, -0.1) is 0 Å². The number of methoxy groups -OCH3 is 1. The molecule has 0 unspecified atom stereocenters. The van der Waals surface area contributed by atoms with E-state index in [4.69, 9.17) is 23.7 Å². The second-order valence-electron chi connectivity index (χ2n) is 13.3. The zero-order valence-electron chi connectivity index (χ0n) is 24.3. The van der Waals surface area contributed by atoms with E-state index in [1.165, 1.54) is 20.1 Å². The molecule has 2 aliphatic carbocycles. The number of esters is 4. The summed E-state index contributed by atoms with van der Waals surface area (Å²) in [5, 5.41) is 21.3. The van der Waals surface area contributed by atoms with Crippen molar-refractivity contribution >= 4 is 29.7 Å². The van der Waals surface area contributed by atoms with Gasteiger partial charge >= 0.3 is 23.9 Å². The first-order chi connectivity index (χ1) is 18.9. The Balaban J connectivity index is 1.69. The Hall–Kier alpha value is -2.83. The molecule has 12 nitrogen and oxygen atoms in total. The molecule has 12 heteroatoms. The van der Waals surface area contributed by atoms with Gasteiger partial charge in [-0.2, -0.15) is 0 Å². The largest absolute Gasteiger partial charge is 0.469 e. The van der Waals surface area contributed by atoms with Gasteiger partial charge < -0.3 is 33.9 Å². The number of hydrogen-bond acceptors (Lipinski definition) is 12. The van der Waals surface area contributed by atoms with Crippen LogP contribution in [0.4, 0.5) is 0 Å². The minimum Gasteiger partial charge on any atom is -0.469 e. The summed E-state index contributed by atoms with van der Waals surface area (Å²) in [6.45, 7) is 9.72. The Morgan fingerprint density at radius 2 is 1.80 bits per heavy atom. The summed E-state index contributed by atoms with van der Waals surface area (Å²) in [4.78, 5) is 65.3. The fourth-order valence-corrected chi connectivity index (χ4v) is 9.11. The molecule has 0 bridgehead atoms. The fourth-order valence-electron chi connectivity index (χ4n) is 9.11. The lowest BCUT2D eigenvalue weighted by atomic mass is 9.36. The Labute approximate surface area is 237 Å². The second-order valence-corrected chi connectivity index (χ2v) is 13.3. The van der Waals surface area contributed by atoms with Gasteiger partial charge in [0.25, 0.3) is 0 Å². The van der Waals surface area contributed by atoms with Crippen molar-refractivity contribution in [3.05, 3.63) is 11.6 Å². The van der Waals surface area contributed by atoms with Crippen molar-refractivity contribution in [3.8, 4) is 0 Å². The minimum absolute atomic E-state index is 0.0207. The molecule has 5 rings (SSSR count). The summed E-state index contributed by atoms with van der Waals surface area (Å²) in [6, 6.07) is 0. The van der Waals surface area contributed by atoms with E-state index in [9.17, 15) is 34.2 Å². The number of rotatable bonds is 6. The summed E-state index contributed by atoms with van der Waals surface area (Å²) in [5.74, 6) is -4.47. The highest BCUT2D eigenvalue weighted by molar-refractivity contribution is 5.96. The van der Waals surface area contributed by atoms with Crippen molar-refractivity contribution < 1.29 is 57.9 Å². The first-order valence-electron chi connectivity index (χ1n) is 13.9.